The van der Waals surface area contributed by atoms with Gasteiger partial charge in [0.1, 0.15) is 0 Å². The lowest BCUT2D eigenvalue weighted by atomic mass is 10.0. The van der Waals surface area contributed by atoms with Gasteiger partial charge < -0.3 is 10.6 Å². The van der Waals surface area contributed by atoms with Crippen LogP contribution >= 0.6 is 0 Å². The number of piperidine rings is 1. The Balaban J connectivity index is 1.95. The van der Waals surface area contributed by atoms with Crippen molar-refractivity contribution in [3.8, 4) is 0 Å². The Bertz CT molecular complexity index is 580. The zero-order chi connectivity index (χ0) is 18.1. The Morgan fingerprint density at radius 2 is 1.88 bits per heavy atom. The molecular weight excluding hydrogens is 314 g/mol. The van der Waals surface area contributed by atoms with E-state index in [4.69, 9.17) is 5.73 Å². The number of aryl methyl sites for hydroxylation is 1. The van der Waals surface area contributed by atoms with E-state index >= 15 is 0 Å². The first-order chi connectivity index (χ1) is 12.1. The summed E-state index contributed by atoms with van der Waals surface area (Å²) in [6.07, 6.45) is 8.53. The molecule has 0 aromatic heterocycles. The molecule has 1 aromatic rings. The topological polar surface area (TPSA) is 75.4 Å². The fourth-order valence-corrected chi connectivity index (χ4v) is 3.02. The van der Waals surface area contributed by atoms with Crippen molar-refractivity contribution in [2.45, 2.75) is 51.1 Å². The van der Waals surface area contributed by atoms with Gasteiger partial charge in [-0.3, -0.25) is 14.9 Å². The summed E-state index contributed by atoms with van der Waals surface area (Å²) in [6, 6.07) is 9.67. The van der Waals surface area contributed by atoms with Crippen LogP contribution in [0.4, 0.5) is 0 Å². The number of likely N-dealkylation sites (tertiary alicyclic amines) is 1. The first-order valence-electron chi connectivity index (χ1n) is 9.12. The summed E-state index contributed by atoms with van der Waals surface area (Å²) in [7, 11) is 0. The molecule has 0 saturated carbocycles. The van der Waals surface area contributed by atoms with Gasteiger partial charge in [-0.1, -0.05) is 36.4 Å². The molecule has 3 N–H and O–H groups in total. The molecule has 1 fully saturated rings. The summed E-state index contributed by atoms with van der Waals surface area (Å²) in [5.74, 6) is -0.335. The quantitative estimate of drug-likeness (QED) is 0.709. The number of hydrogen-bond acceptors (Lipinski definition) is 3. The standard InChI is InChI=1S/C20H29N3O2/c1-16(20(21)25)22-18(11-10-17-8-4-2-5-9-17)12-13-19(24)23-14-6-3-7-15-23/h2,4-5,8-9,12-13,16,18,22H,3,6-7,10-11,14-15H2,1H3,(H2,21,25)/b13-12+/t16-,18-/m0/s1. The molecule has 2 amide bonds. The highest BCUT2D eigenvalue weighted by atomic mass is 16.2. The van der Waals surface area contributed by atoms with Gasteiger partial charge >= 0.3 is 0 Å². The van der Waals surface area contributed by atoms with Crippen molar-refractivity contribution in [3.63, 3.8) is 0 Å². The van der Waals surface area contributed by atoms with Crippen molar-refractivity contribution in [3.05, 3.63) is 48.0 Å². The second kappa shape index (κ2) is 9.99. The van der Waals surface area contributed by atoms with Gasteiger partial charge in [0.15, 0.2) is 0 Å². The van der Waals surface area contributed by atoms with Crippen LogP contribution in [0.15, 0.2) is 42.5 Å². The molecule has 0 unspecified atom stereocenters. The number of rotatable bonds is 8. The normalized spacial score (nSPS) is 17.4. The van der Waals surface area contributed by atoms with Gasteiger partial charge in [-0.15, -0.1) is 0 Å². The van der Waals surface area contributed by atoms with Crippen LogP contribution in [0.3, 0.4) is 0 Å². The third-order valence-corrected chi connectivity index (χ3v) is 4.62. The molecule has 2 rings (SSSR count). The van der Waals surface area contributed by atoms with Crippen molar-refractivity contribution in [1.82, 2.24) is 10.2 Å². The van der Waals surface area contributed by atoms with Crippen LogP contribution in [-0.2, 0) is 16.0 Å². The molecule has 1 saturated heterocycles. The summed E-state index contributed by atoms with van der Waals surface area (Å²) in [4.78, 5) is 25.6. The third-order valence-electron chi connectivity index (χ3n) is 4.62. The number of carbonyl (C=O) groups is 2. The number of nitrogens with one attached hydrogen (secondary N) is 1. The summed E-state index contributed by atoms with van der Waals surface area (Å²) >= 11 is 0. The molecule has 1 aromatic carbocycles. The van der Waals surface area contributed by atoms with E-state index in [1.807, 2.05) is 29.2 Å². The van der Waals surface area contributed by atoms with Crippen molar-refractivity contribution in [2.24, 2.45) is 5.73 Å². The number of nitrogens with two attached hydrogens (primary N) is 1. The average molecular weight is 343 g/mol. The summed E-state index contributed by atoms with van der Waals surface area (Å²) in [6.45, 7) is 3.42. The number of nitrogens with zero attached hydrogens (tertiary/aromatic N) is 1. The maximum atomic E-state index is 12.3. The van der Waals surface area contributed by atoms with Crippen molar-refractivity contribution >= 4 is 11.8 Å². The minimum atomic E-state index is -0.435. The number of amides is 2. The Kier molecular flexibility index (Phi) is 7.67. The summed E-state index contributed by atoms with van der Waals surface area (Å²) in [5.41, 5.74) is 6.60. The molecular formula is C20H29N3O2. The van der Waals surface area contributed by atoms with Crippen LogP contribution in [0.5, 0.6) is 0 Å². The van der Waals surface area contributed by atoms with E-state index in [1.54, 1.807) is 13.0 Å². The van der Waals surface area contributed by atoms with E-state index in [9.17, 15) is 9.59 Å². The van der Waals surface area contributed by atoms with Gasteiger partial charge in [0.25, 0.3) is 0 Å². The zero-order valence-electron chi connectivity index (χ0n) is 15.0. The molecule has 5 heteroatoms. The molecule has 2 atom stereocenters. The SMILES string of the molecule is C[C@H](N[C@H](/C=C/C(=O)N1CCCCC1)CCc1ccccc1)C(N)=O. The fourth-order valence-electron chi connectivity index (χ4n) is 3.02. The molecule has 1 aliphatic rings. The Hall–Kier alpha value is -2.14. The molecule has 5 nitrogen and oxygen atoms in total. The lowest BCUT2D eigenvalue weighted by molar-refractivity contribution is -0.126. The highest BCUT2D eigenvalue weighted by Crippen LogP contribution is 2.10. The van der Waals surface area contributed by atoms with E-state index in [2.05, 4.69) is 17.4 Å². The molecule has 25 heavy (non-hydrogen) atoms. The van der Waals surface area contributed by atoms with Crippen molar-refractivity contribution in [1.29, 1.82) is 0 Å². The number of primary amides is 1. The van der Waals surface area contributed by atoms with E-state index in [0.717, 1.165) is 38.8 Å². The number of benzene rings is 1. The van der Waals surface area contributed by atoms with Crippen LogP contribution in [0.25, 0.3) is 0 Å². The van der Waals surface area contributed by atoms with Gasteiger partial charge in [-0.25, -0.2) is 0 Å². The number of hydrogen-bond donors (Lipinski definition) is 2. The highest BCUT2D eigenvalue weighted by Gasteiger charge is 2.16. The smallest absolute Gasteiger partial charge is 0.246 e. The second-order valence-electron chi connectivity index (χ2n) is 6.67. The monoisotopic (exact) mass is 343 g/mol. The van der Waals surface area contributed by atoms with Crippen LogP contribution < -0.4 is 11.1 Å². The van der Waals surface area contributed by atoms with Crippen molar-refractivity contribution < 1.29 is 9.59 Å². The van der Waals surface area contributed by atoms with Crippen LogP contribution in [-0.4, -0.2) is 41.9 Å². The summed E-state index contributed by atoms with van der Waals surface area (Å²) < 4.78 is 0. The van der Waals surface area contributed by atoms with Crippen LogP contribution in [0.1, 0.15) is 38.2 Å². The molecule has 0 bridgehead atoms. The van der Waals surface area contributed by atoms with Crippen LogP contribution in [0, 0.1) is 0 Å². The summed E-state index contributed by atoms with van der Waals surface area (Å²) in [5, 5.41) is 3.21. The Labute approximate surface area is 150 Å². The van der Waals surface area contributed by atoms with Crippen LogP contribution in [0.2, 0.25) is 0 Å². The maximum Gasteiger partial charge on any atom is 0.246 e. The first kappa shape index (κ1) is 19.2. The molecule has 0 radical (unpaired) electrons. The third kappa shape index (κ3) is 6.70. The zero-order valence-corrected chi connectivity index (χ0v) is 15.0. The number of carbonyl (C=O) groups excluding carboxylic acids is 2. The van der Waals surface area contributed by atoms with Gasteiger partial charge in [-0.05, 0) is 44.6 Å². The molecule has 136 valence electrons. The first-order valence-corrected chi connectivity index (χ1v) is 9.12. The van der Waals surface area contributed by atoms with E-state index < -0.39 is 6.04 Å². The van der Waals surface area contributed by atoms with Gasteiger partial charge in [-0.2, -0.15) is 0 Å². The minimum Gasteiger partial charge on any atom is -0.368 e. The van der Waals surface area contributed by atoms with E-state index in [0.29, 0.717) is 0 Å². The van der Waals surface area contributed by atoms with Gasteiger partial charge in [0.05, 0.1) is 6.04 Å². The largest absolute Gasteiger partial charge is 0.368 e. The molecule has 1 heterocycles. The molecule has 0 aliphatic carbocycles. The van der Waals surface area contributed by atoms with E-state index in [-0.39, 0.29) is 17.9 Å². The predicted octanol–water partition coefficient (Wildman–Crippen LogP) is 2.02. The average Bonchev–Trinajstić information content (AvgIpc) is 2.65. The minimum absolute atomic E-state index is 0.0536. The van der Waals surface area contributed by atoms with E-state index in [1.165, 1.54) is 12.0 Å². The molecule has 1 aliphatic heterocycles. The van der Waals surface area contributed by atoms with Gasteiger partial charge in [0.2, 0.25) is 11.8 Å². The Morgan fingerprint density at radius 1 is 1.20 bits per heavy atom. The highest BCUT2D eigenvalue weighted by molar-refractivity contribution is 5.87. The predicted molar refractivity (Wildman–Crippen MR) is 99.9 cm³/mol. The van der Waals surface area contributed by atoms with Crippen molar-refractivity contribution in [2.75, 3.05) is 13.1 Å². The lowest BCUT2D eigenvalue weighted by Crippen LogP contribution is -2.44. The molecule has 0 spiro atoms. The Morgan fingerprint density at radius 3 is 2.52 bits per heavy atom. The van der Waals surface area contributed by atoms with Gasteiger partial charge in [0, 0.05) is 25.2 Å². The lowest BCUT2D eigenvalue weighted by Gasteiger charge is -2.25. The maximum absolute atomic E-state index is 12.3. The fraction of sp³-hybridized carbons (Fsp3) is 0.500. The second-order valence-corrected chi connectivity index (χ2v) is 6.67.